The van der Waals surface area contributed by atoms with Gasteiger partial charge in [-0.15, -0.1) is 0 Å². The minimum absolute atomic E-state index is 0.698. The zero-order valence-corrected chi connectivity index (χ0v) is 11.9. The SMILES string of the molecule is CCN1CCN(C2CN(c3ncc(C)cn3)C2)CC1. The third kappa shape index (κ3) is 2.72. The van der Waals surface area contributed by atoms with Crippen molar-refractivity contribution < 1.29 is 0 Å². The molecule has 0 bridgehead atoms. The summed E-state index contributed by atoms with van der Waals surface area (Å²) < 4.78 is 0. The van der Waals surface area contributed by atoms with Crippen LogP contribution in [-0.2, 0) is 0 Å². The molecule has 0 aromatic carbocycles. The van der Waals surface area contributed by atoms with E-state index >= 15 is 0 Å². The topological polar surface area (TPSA) is 35.5 Å². The fourth-order valence-electron chi connectivity index (χ4n) is 2.84. The molecular weight excluding hydrogens is 238 g/mol. The van der Waals surface area contributed by atoms with Crippen LogP contribution in [0.3, 0.4) is 0 Å². The number of nitrogens with zero attached hydrogens (tertiary/aromatic N) is 5. The number of piperazine rings is 1. The van der Waals surface area contributed by atoms with E-state index in [9.17, 15) is 0 Å². The van der Waals surface area contributed by atoms with Gasteiger partial charge in [0, 0.05) is 57.7 Å². The molecular formula is C14H23N5. The van der Waals surface area contributed by atoms with Crippen molar-refractivity contribution in [3.05, 3.63) is 18.0 Å². The number of hydrogen-bond acceptors (Lipinski definition) is 5. The van der Waals surface area contributed by atoms with Crippen molar-refractivity contribution in [3.8, 4) is 0 Å². The Hall–Kier alpha value is -1.20. The normalized spacial score (nSPS) is 22.5. The molecule has 3 heterocycles. The van der Waals surface area contributed by atoms with E-state index in [-0.39, 0.29) is 0 Å². The van der Waals surface area contributed by atoms with Crippen molar-refractivity contribution >= 4 is 5.95 Å². The summed E-state index contributed by atoms with van der Waals surface area (Å²) in [6, 6.07) is 0.698. The number of anilines is 1. The van der Waals surface area contributed by atoms with E-state index in [0.29, 0.717) is 6.04 Å². The van der Waals surface area contributed by atoms with E-state index in [0.717, 1.165) is 24.6 Å². The van der Waals surface area contributed by atoms with Crippen LogP contribution in [0, 0.1) is 6.92 Å². The van der Waals surface area contributed by atoms with Gasteiger partial charge in [-0.1, -0.05) is 6.92 Å². The monoisotopic (exact) mass is 261 g/mol. The quantitative estimate of drug-likeness (QED) is 0.797. The minimum atomic E-state index is 0.698. The Bertz CT molecular complexity index is 404. The van der Waals surface area contributed by atoms with Crippen molar-refractivity contribution in [2.24, 2.45) is 0 Å². The molecule has 5 nitrogen and oxygen atoms in total. The molecule has 2 aliphatic heterocycles. The van der Waals surface area contributed by atoms with Gasteiger partial charge in [0.1, 0.15) is 0 Å². The Kier molecular flexibility index (Phi) is 3.66. The molecule has 0 atom stereocenters. The number of rotatable bonds is 3. The summed E-state index contributed by atoms with van der Waals surface area (Å²) in [6.07, 6.45) is 3.80. The van der Waals surface area contributed by atoms with Gasteiger partial charge in [0.15, 0.2) is 0 Å². The van der Waals surface area contributed by atoms with Gasteiger partial charge in [0.05, 0.1) is 0 Å². The Morgan fingerprint density at radius 3 is 2.32 bits per heavy atom. The molecule has 1 aromatic heterocycles. The molecule has 104 valence electrons. The van der Waals surface area contributed by atoms with Crippen molar-refractivity contribution in [1.29, 1.82) is 0 Å². The maximum Gasteiger partial charge on any atom is 0.225 e. The van der Waals surface area contributed by atoms with Crippen molar-refractivity contribution in [2.45, 2.75) is 19.9 Å². The highest BCUT2D eigenvalue weighted by molar-refractivity contribution is 5.35. The third-order valence-corrected chi connectivity index (χ3v) is 4.28. The van der Waals surface area contributed by atoms with Crippen LogP contribution in [0.2, 0.25) is 0 Å². The molecule has 0 N–H and O–H groups in total. The highest BCUT2D eigenvalue weighted by Crippen LogP contribution is 2.21. The van der Waals surface area contributed by atoms with Gasteiger partial charge in [0.25, 0.3) is 0 Å². The van der Waals surface area contributed by atoms with E-state index in [1.54, 1.807) is 0 Å². The number of likely N-dealkylation sites (N-methyl/N-ethyl adjacent to an activating group) is 1. The fraction of sp³-hybridized carbons (Fsp3) is 0.714. The molecule has 5 heteroatoms. The Balaban J connectivity index is 1.49. The highest BCUT2D eigenvalue weighted by Gasteiger charge is 2.34. The lowest BCUT2D eigenvalue weighted by Gasteiger charge is -2.48. The molecule has 0 unspecified atom stereocenters. The van der Waals surface area contributed by atoms with Gasteiger partial charge in [-0.05, 0) is 19.0 Å². The smallest absolute Gasteiger partial charge is 0.225 e. The van der Waals surface area contributed by atoms with Crippen LogP contribution in [-0.4, -0.2) is 71.6 Å². The molecule has 19 heavy (non-hydrogen) atoms. The average molecular weight is 261 g/mol. The standard InChI is InChI=1S/C14H23N5/c1-3-17-4-6-18(7-5-17)13-10-19(11-13)14-15-8-12(2)9-16-14/h8-9,13H,3-7,10-11H2,1-2H3. The lowest BCUT2D eigenvalue weighted by molar-refractivity contribution is 0.0856. The van der Waals surface area contributed by atoms with E-state index in [4.69, 9.17) is 0 Å². The minimum Gasteiger partial charge on any atom is -0.338 e. The van der Waals surface area contributed by atoms with Gasteiger partial charge in [-0.3, -0.25) is 4.90 Å². The molecule has 2 aliphatic rings. The molecule has 3 rings (SSSR count). The summed E-state index contributed by atoms with van der Waals surface area (Å²) >= 11 is 0. The van der Waals surface area contributed by atoms with Crippen molar-refractivity contribution in [2.75, 3.05) is 50.7 Å². The predicted octanol–water partition coefficient (Wildman–Crippen LogP) is 0.611. The maximum atomic E-state index is 4.39. The van der Waals surface area contributed by atoms with E-state index < -0.39 is 0 Å². The zero-order valence-electron chi connectivity index (χ0n) is 11.9. The second-order valence-corrected chi connectivity index (χ2v) is 5.59. The summed E-state index contributed by atoms with van der Waals surface area (Å²) in [6.45, 7) is 12.5. The maximum absolute atomic E-state index is 4.39. The summed E-state index contributed by atoms with van der Waals surface area (Å²) in [5.74, 6) is 0.883. The van der Waals surface area contributed by atoms with E-state index in [1.165, 1.54) is 32.7 Å². The zero-order chi connectivity index (χ0) is 13.2. The number of aryl methyl sites for hydroxylation is 1. The molecule has 2 fully saturated rings. The van der Waals surface area contributed by atoms with Gasteiger partial charge in [-0.25, -0.2) is 9.97 Å². The molecule has 2 saturated heterocycles. The second-order valence-electron chi connectivity index (χ2n) is 5.59. The fourth-order valence-corrected chi connectivity index (χ4v) is 2.84. The Labute approximate surface area is 115 Å². The summed E-state index contributed by atoms with van der Waals surface area (Å²) in [4.78, 5) is 16.2. The van der Waals surface area contributed by atoms with Crippen LogP contribution < -0.4 is 4.90 Å². The first-order valence-corrected chi connectivity index (χ1v) is 7.26. The second kappa shape index (κ2) is 5.43. The predicted molar refractivity (Wildman–Crippen MR) is 76.5 cm³/mol. The largest absolute Gasteiger partial charge is 0.338 e. The lowest BCUT2D eigenvalue weighted by atomic mass is 10.1. The Morgan fingerprint density at radius 1 is 1.11 bits per heavy atom. The summed E-state index contributed by atoms with van der Waals surface area (Å²) in [7, 11) is 0. The van der Waals surface area contributed by atoms with Crippen molar-refractivity contribution in [1.82, 2.24) is 19.8 Å². The summed E-state index contributed by atoms with van der Waals surface area (Å²) in [5, 5.41) is 0. The highest BCUT2D eigenvalue weighted by atomic mass is 15.4. The van der Waals surface area contributed by atoms with Gasteiger partial charge < -0.3 is 9.80 Å². The lowest BCUT2D eigenvalue weighted by Crippen LogP contribution is -2.63. The van der Waals surface area contributed by atoms with Crippen LogP contribution >= 0.6 is 0 Å². The number of hydrogen-bond donors (Lipinski definition) is 0. The molecule has 1 aromatic rings. The van der Waals surface area contributed by atoms with Gasteiger partial charge in [0.2, 0.25) is 5.95 Å². The third-order valence-electron chi connectivity index (χ3n) is 4.28. The molecule has 0 amide bonds. The van der Waals surface area contributed by atoms with Crippen LogP contribution in [0.25, 0.3) is 0 Å². The molecule has 0 spiro atoms. The first-order chi connectivity index (χ1) is 9.26. The van der Waals surface area contributed by atoms with Gasteiger partial charge in [-0.2, -0.15) is 0 Å². The van der Waals surface area contributed by atoms with Crippen molar-refractivity contribution in [3.63, 3.8) is 0 Å². The molecule has 0 saturated carbocycles. The van der Waals surface area contributed by atoms with Crippen LogP contribution in [0.5, 0.6) is 0 Å². The first-order valence-electron chi connectivity index (χ1n) is 7.26. The molecule has 0 aliphatic carbocycles. The van der Waals surface area contributed by atoms with E-state index in [2.05, 4.69) is 31.6 Å². The van der Waals surface area contributed by atoms with Crippen LogP contribution in [0.1, 0.15) is 12.5 Å². The van der Waals surface area contributed by atoms with Gasteiger partial charge >= 0.3 is 0 Å². The van der Waals surface area contributed by atoms with Crippen LogP contribution in [0.4, 0.5) is 5.95 Å². The Morgan fingerprint density at radius 2 is 1.74 bits per heavy atom. The number of aromatic nitrogens is 2. The first kappa shape index (κ1) is 12.8. The average Bonchev–Trinajstić information content (AvgIpc) is 2.40. The summed E-state index contributed by atoms with van der Waals surface area (Å²) in [5.41, 5.74) is 1.12. The molecule has 0 radical (unpaired) electrons. The van der Waals surface area contributed by atoms with Crippen LogP contribution in [0.15, 0.2) is 12.4 Å². The van der Waals surface area contributed by atoms with E-state index in [1.807, 2.05) is 19.3 Å².